The van der Waals surface area contributed by atoms with Crippen molar-refractivity contribution in [1.29, 1.82) is 0 Å². The van der Waals surface area contributed by atoms with Gasteiger partial charge in [0.05, 0.1) is 6.04 Å². The van der Waals surface area contributed by atoms with Gasteiger partial charge in [-0.1, -0.05) is 0 Å². The fourth-order valence-electron chi connectivity index (χ4n) is 3.59. The van der Waals surface area contributed by atoms with Crippen molar-refractivity contribution < 1.29 is 9.59 Å². The molecule has 7 heteroatoms. The van der Waals surface area contributed by atoms with Gasteiger partial charge in [0, 0.05) is 39.0 Å². The molecule has 23 heavy (non-hydrogen) atoms. The predicted octanol–water partition coefficient (Wildman–Crippen LogP) is 1.07. The quantitative estimate of drug-likeness (QED) is 0.832. The molecular formula is C16H25N5O2. The first-order chi connectivity index (χ1) is 11.0. The Labute approximate surface area is 136 Å². The summed E-state index contributed by atoms with van der Waals surface area (Å²) in [6, 6.07) is 0.210. The van der Waals surface area contributed by atoms with Gasteiger partial charge in [-0.2, -0.15) is 5.10 Å². The van der Waals surface area contributed by atoms with E-state index < -0.39 is 0 Å². The average molecular weight is 319 g/mol. The molecule has 0 N–H and O–H groups in total. The van der Waals surface area contributed by atoms with E-state index in [-0.39, 0.29) is 17.9 Å². The Morgan fingerprint density at radius 2 is 2.09 bits per heavy atom. The van der Waals surface area contributed by atoms with E-state index in [9.17, 15) is 9.59 Å². The molecule has 0 unspecified atom stereocenters. The van der Waals surface area contributed by atoms with Crippen LogP contribution in [0.15, 0.2) is 0 Å². The highest BCUT2D eigenvalue weighted by atomic mass is 16.2. The zero-order chi connectivity index (χ0) is 16.4. The first-order valence-electron chi connectivity index (χ1n) is 8.50. The maximum atomic E-state index is 12.5. The molecular weight excluding hydrogens is 294 g/mol. The van der Waals surface area contributed by atoms with Crippen LogP contribution in [0.3, 0.4) is 0 Å². The minimum atomic E-state index is 0.142. The molecule has 0 aliphatic carbocycles. The smallest absolute Gasteiger partial charge is 0.224 e. The van der Waals surface area contributed by atoms with Gasteiger partial charge in [-0.25, -0.2) is 9.67 Å². The maximum absolute atomic E-state index is 12.5. The molecule has 1 aromatic heterocycles. The molecule has 2 saturated heterocycles. The number of piperidine rings is 1. The number of aromatic nitrogens is 3. The third-order valence-corrected chi connectivity index (χ3v) is 4.77. The second kappa shape index (κ2) is 6.68. The van der Waals surface area contributed by atoms with Crippen LogP contribution >= 0.6 is 0 Å². The number of hydrogen-bond acceptors (Lipinski definition) is 4. The summed E-state index contributed by atoms with van der Waals surface area (Å²) in [4.78, 5) is 32.2. The van der Waals surface area contributed by atoms with Crippen molar-refractivity contribution in [1.82, 2.24) is 24.6 Å². The van der Waals surface area contributed by atoms with Gasteiger partial charge >= 0.3 is 0 Å². The van der Waals surface area contributed by atoms with Crippen molar-refractivity contribution in [2.45, 2.75) is 52.0 Å². The van der Waals surface area contributed by atoms with Crippen LogP contribution in [0.2, 0.25) is 0 Å². The van der Waals surface area contributed by atoms with Gasteiger partial charge in [0.1, 0.15) is 11.6 Å². The van der Waals surface area contributed by atoms with Crippen molar-refractivity contribution in [2.75, 3.05) is 26.2 Å². The third kappa shape index (κ3) is 3.54. The van der Waals surface area contributed by atoms with Gasteiger partial charge in [0.25, 0.3) is 0 Å². The molecule has 3 rings (SSSR count). The topological polar surface area (TPSA) is 71.3 Å². The number of rotatable bonds is 4. The minimum absolute atomic E-state index is 0.142. The van der Waals surface area contributed by atoms with Gasteiger partial charge in [-0.15, -0.1) is 0 Å². The highest BCUT2D eigenvalue weighted by Gasteiger charge is 2.27. The van der Waals surface area contributed by atoms with Crippen LogP contribution in [0.1, 0.15) is 49.8 Å². The maximum Gasteiger partial charge on any atom is 0.224 e. The van der Waals surface area contributed by atoms with Crippen LogP contribution in [-0.4, -0.2) is 62.6 Å². The Hall–Kier alpha value is -1.92. The Balaban J connectivity index is 1.56. The Kier molecular flexibility index (Phi) is 4.63. The molecule has 1 atom stereocenters. The largest absolute Gasteiger partial charge is 0.342 e. The lowest BCUT2D eigenvalue weighted by molar-refractivity contribution is -0.134. The predicted molar refractivity (Wildman–Crippen MR) is 84.8 cm³/mol. The third-order valence-electron chi connectivity index (χ3n) is 4.77. The number of carbonyl (C=O) groups excluding carboxylic acids is 2. The number of nitrogens with zero attached hydrogens (tertiary/aromatic N) is 5. The van der Waals surface area contributed by atoms with Crippen LogP contribution in [0, 0.1) is 13.8 Å². The Bertz CT molecular complexity index is 597. The van der Waals surface area contributed by atoms with E-state index in [0.29, 0.717) is 25.9 Å². The fraction of sp³-hybridized carbons (Fsp3) is 0.750. The second-order valence-corrected chi connectivity index (χ2v) is 6.52. The fourth-order valence-corrected chi connectivity index (χ4v) is 3.59. The van der Waals surface area contributed by atoms with Crippen molar-refractivity contribution in [3.8, 4) is 0 Å². The van der Waals surface area contributed by atoms with Crippen LogP contribution in [0.5, 0.6) is 0 Å². The highest BCUT2D eigenvalue weighted by molar-refractivity contribution is 5.80. The normalized spacial score (nSPS) is 22.0. The van der Waals surface area contributed by atoms with E-state index in [4.69, 9.17) is 0 Å². The Morgan fingerprint density at radius 3 is 2.74 bits per heavy atom. The van der Waals surface area contributed by atoms with Crippen LogP contribution in [0.4, 0.5) is 0 Å². The number of likely N-dealkylation sites (tertiary alicyclic amines) is 2. The van der Waals surface area contributed by atoms with Crippen molar-refractivity contribution in [3.05, 3.63) is 11.6 Å². The number of aryl methyl sites for hydroxylation is 2. The summed E-state index contributed by atoms with van der Waals surface area (Å²) in [5.74, 6) is 2.01. The zero-order valence-corrected chi connectivity index (χ0v) is 14.0. The summed E-state index contributed by atoms with van der Waals surface area (Å²) in [5, 5.41) is 4.46. The summed E-state index contributed by atoms with van der Waals surface area (Å²) in [6.45, 7) is 6.70. The SMILES string of the molecule is Cc1nc(C)n([C@@H]2CCCN(C(=O)CCN3CCCC3=O)C2)n1. The van der Waals surface area contributed by atoms with Crippen molar-refractivity contribution >= 4 is 11.8 Å². The summed E-state index contributed by atoms with van der Waals surface area (Å²) in [6.07, 6.45) is 3.98. The highest BCUT2D eigenvalue weighted by Crippen LogP contribution is 2.22. The van der Waals surface area contributed by atoms with E-state index >= 15 is 0 Å². The van der Waals surface area contributed by atoms with Crippen molar-refractivity contribution in [2.24, 2.45) is 0 Å². The van der Waals surface area contributed by atoms with Gasteiger partial charge < -0.3 is 9.80 Å². The van der Waals surface area contributed by atoms with E-state index in [1.54, 1.807) is 0 Å². The van der Waals surface area contributed by atoms with Crippen LogP contribution in [0.25, 0.3) is 0 Å². The molecule has 2 aliphatic rings. The van der Waals surface area contributed by atoms with E-state index in [2.05, 4.69) is 10.1 Å². The van der Waals surface area contributed by atoms with E-state index in [1.165, 1.54) is 0 Å². The van der Waals surface area contributed by atoms with Crippen LogP contribution < -0.4 is 0 Å². The monoisotopic (exact) mass is 319 g/mol. The van der Waals surface area contributed by atoms with Crippen LogP contribution in [-0.2, 0) is 9.59 Å². The van der Waals surface area contributed by atoms with Gasteiger partial charge in [0.2, 0.25) is 11.8 Å². The van der Waals surface area contributed by atoms with E-state index in [1.807, 2.05) is 28.3 Å². The number of amides is 2. The molecule has 2 aliphatic heterocycles. The van der Waals surface area contributed by atoms with E-state index in [0.717, 1.165) is 44.0 Å². The summed E-state index contributed by atoms with van der Waals surface area (Å²) in [5.41, 5.74) is 0. The molecule has 2 amide bonds. The lowest BCUT2D eigenvalue weighted by atomic mass is 10.1. The summed E-state index contributed by atoms with van der Waals surface area (Å²) >= 11 is 0. The first kappa shape index (κ1) is 16.0. The molecule has 0 bridgehead atoms. The molecule has 1 aromatic rings. The first-order valence-corrected chi connectivity index (χ1v) is 8.50. The molecule has 0 spiro atoms. The summed E-state index contributed by atoms with van der Waals surface area (Å²) < 4.78 is 1.96. The minimum Gasteiger partial charge on any atom is -0.342 e. The van der Waals surface area contributed by atoms with Gasteiger partial charge in [-0.3, -0.25) is 9.59 Å². The Morgan fingerprint density at radius 1 is 1.26 bits per heavy atom. The van der Waals surface area contributed by atoms with Gasteiger partial charge in [-0.05, 0) is 33.1 Å². The number of carbonyl (C=O) groups is 2. The molecule has 7 nitrogen and oxygen atoms in total. The molecule has 2 fully saturated rings. The lowest BCUT2D eigenvalue weighted by Gasteiger charge is -2.33. The standard InChI is InChI=1S/C16H25N5O2/c1-12-17-13(2)21(18-12)14-5-3-9-20(11-14)16(23)7-10-19-8-4-6-15(19)22/h14H,3-11H2,1-2H3/t14-/m1/s1. The molecule has 0 aromatic carbocycles. The molecule has 126 valence electrons. The zero-order valence-electron chi connectivity index (χ0n) is 14.0. The molecule has 0 saturated carbocycles. The number of hydrogen-bond donors (Lipinski definition) is 0. The molecule has 0 radical (unpaired) electrons. The lowest BCUT2D eigenvalue weighted by Crippen LogP contribution is -2.42. The molecule has 3 heterocycles. The average Bonchev–Trinajstić information content (AvgIpc) is 3.10. The second-order valence-electron chi connectivity index (χ2n) is 6.52. The van der Waals surface area contributed by atoms with Gasteiger partial charge in [0.15, 0.2) is 0 Å². The summed E-state index contributed by atoms with van der Waals surface area (Å²) in [7, 11) is 0. The van der Waals surface area contributed by atoms with Crippen molar-refractivity contribution in [3.63, 3.8) is 0 Å².